The fourth-order valence-corrected chi connectivity index (χ4v) is 2.56. The summed E-state index contributed by atoms with van der Waals surface area (Å²) >= 11 is 0. The summed E-state index contributed by atoms with van der Waals surface area (Å²) in [4.78, 5) is 7.17. The summed E-state index contributed by atoms with van der Waals surface area (Å²) in [6, 6.07) is 0. The summed E-state index contributed by atoms with van der Waals surface area (Å²) in [6.45, 7) is 3.69. The molecule has 2 aromatic heterocycles. The standard InChI is InChI=1S/C10H14N4O3S/c1-3-10-11-4-8(13-10)5-12-18(15,16)9-6-17-14-7(9)2/h4,6,12H,3,5H2,1-2H3,(H,11,13). The van der Waals surface area contributed by atoms with Gasteiger partial charge in [-0.3, -0.25) is 0 Å². The van der Waals surface area contributed by atoms with Gasteiger partial charge in [-0.05, 0) is 6.92 Å². The van der Waals surface area contributed by atoms with E-state index in [0.29, 0.717) is 11.4 Å². The Hall–Kier alpha value is -1.67. The van der Waals surface area contributed by atoms with Crippen molar-refractivity contribution in [2.24, 2.45) is 0 Å². The normalized spacial score (nSPS) is 11.9. The molecule has 0 fully saturated rings. The smallest absolute Gasteiger partial charge is 0.246 e. The van der Waals surface area contributed by atoms with Crippen LogP contribution in [0.25, 0.3) is 0 Å². The maximum Gasteiger partial charge on any atom is 0.246 e. The molecule has 18 heavy (non-hydrogen) atoms. The van der Waals surface area contributed by atoms with Crippen molar-refractivity contribution in [3.8, 4) is 0 Å². The molecular weight excluding hydrogens is 256 g/mol. The van der Waals surface area contributed by atoms with Crippen LogP contribution in [0.5, 0.6) is 0 Å². The zero-order valence-corrected chi connectivity index (χ0v) is 10.9. The molecule has 0 aliphatic heterocycles. The average molecular weight is 270 g/mol. The first-order valence-corrected chi connectivity index (χ1v) is 6.94. The molecule has 0 radical (unpaired) electrons. The van der Waals surface area contributed by atoms with Crippen LogP contribution in [-0.4, -0.2) is 23.5 Å². The molecule has 2 aromatic rings. The fraction of sp³-hybridized carbons (Fsp3) is 0.400. The van der Waals surface area contributed by atoms with Crippen LogP contribution >= 0.6 is 0 Å². The molecule has 2 rings (SSSR count). The van der Waals surface area contributed by atoms with Crippen LogP contribution in [0.3, 0.4) is 0 Å². The molecule has 2 N–H and O–H groups in total. The van der Waals surface area contributed by atoms with E-state index in [9.17, 15) is 8.42 Å². The molecule has 0 unspecified atom stereocenters. The summed E-state index contributed by atoms with van der Waals surface area (Å²) in [5, 5.41) is 3.54. The Labute approximate surface area is 105 Å². The van der Waals surface area contributed by atoms with Gasteiger partial charge in [0.15, 0.2) is 0 Å². The zero-order valence-electron chi connectivity index (χ0n) is 10.1. The molecule has 98 valence electrons. The van der Waals surface area contributed by atoms with Crippen molar-refractivity contribution in [3.63, 3.8) is 0 Å². The molecule has 0 bridgehead atoms. The van der Waals surface area contributed by atoms with Crippen LogP contribution in [0, 0.1) is 6.92 Å². The number of H-pyrrole nitrogens is 1. The van der Waals surface area contributed by atoms with Gasteiger partial charge in [0.25, 0.3) is 0 Å². The van der Waals surface area contributed by atoms with Crippen LogP contribution in [0.1, 0.15) is 24.1 Å². The van der Waals surface area contributed by atoms with Crippen molar-refractivity contribution in [1.82, 2.24) is 19.8 Å². The van der Waals surface area contributed by atoms with E-state index in [4.69, 9.17) is 0 Å². The molecule has 7 nitrogen and oxygen atoms in total. The summed E-state index contributed by atoms with van der Waals surface area (Å²) in [5.74, 6) is 0.824. The van der Waals surface area contributed by atoms with E-state index in [2.05, 4.69) is 24.4 Å². The third-order valence-corrected chi connectivity index (χ3v) is 3.96. The lowest BCUT2D eigenvalue weighted by Gasteiger charge is -2.03. The van der Waals surface area contributed by atoms with Crippen molar-refractivity contribution in [3.05, 3.63) is 29.7 Å². The lowest BCUT2D eigenvalue weighted by molar-refractivity contribution is 0.413. The Bertz CT molecular complexity index is 629. The molecule has 0 aliphatic carbocycles. The third kappa shape index (κ3) is 2.59. The average Bonchev–Trinajstić information content (AvgIpc) is 2.95. The number of nitrogens with zero attached hydrogens (tertiary/aromatic N) is 2. The third-order valence-electron chi connectivity index (χ3n) is 2.46. The van der Waals surface area contributed by atoms with Gasteiger partial charge >= 0.3 is 0 Å². The monoisotopic (exact) mass is 270 g/mol. The molecule has 0 spiro atoms. The summed E-state index contributed by atoms with van der Waals surface area (Å²) < 4.78 is 30.9. The van der Waals surface area contributed by atoms with Crippen LogP contribution in [0.4, 0.5) is 0 Å². The highest BCUT2D eigenvalue weighted by Crippen LogP contribution is 2.12. The lowest BCUT2D eigenvalue weighted by Crippen LogP contribution is -2.23. The first-order chi connectivity index (χ1) is 8.53. The van der Waals surface area contributed by atoms with Crippen LogP contribution in [0.2, 0.25) is 0 Å². The highest BCUT2D eigenvalue weighted by atomic mass is 32.2. The number of rotatable bonds is 5. The van der Waals surface area contributed by atoms with Gasteiger partial charge in [-0.25, -0.2) is 18.1 Å². The number of hydrogen-bond acceptors (Lipinski definition) is 5. The second-order valence-corrected chi connectivity index (χ2v) is 5.53. The van der Waals surface area contributed by atoms with Crippen molar-refractivity contribution < 1.29 is 12.9 Å². The van der Waals surface area contributed by atoms with Gasteiger partial charge in [0, 0.05) is 18.3 Å². The number of aromatic nitrogens is 3. The Morgan fingerprint density at radius 2 is 2.28 bits per heavy atom. The Morgan fingerprint density at radius 3 is 2.83 bits per heavy atom. The first-order valence-electron chi connectivity index (χ1n) is 5.46. The maximum atomic E-state index is 11.9. The van der Waals surface area contributed by atoms with E-state index >= 15 is 0 Å². The van der Waals surface area contributed by atoms with Gasteiger partial charge in [-0.1, -0.05) is 12.1 Å². The first kappa shape index (κ1) is 12.8. The van der Waals surface area contributed by atoms with Gasteiger partial charge in [0.1, 0.15) is 22.7 Å². The SMILES string of the molecule is CCc1ncc(CNS(=O)(=O)c2conc2C)[nH]1. The number of imidazole rings is 1. The van der Waals surface area contributed by atoms with Crippen molar-refractivity contribution >= 4 is 10.0 Å². The van der Waals surface area contributed by atoms with Crippen LogP contribution in [-0.2, 0) is 23.0 Å². The molecule has 2 heterocycles. The summed E-state index contributed by atoms with van der Waals surface area (Å²) in [7, 11) is -3.60. The topological polar surface area (TPSA) is 101 Å². The zero-order chi connectivity index (χ0) is 13.2. The minimum atomic E-state index is -3.60. The van der Waals surface area contributed by atoms with E-state index in [0.717, 1.165) is 18.5 Å². The summed E-state index contributed by atoms with van der Waals surface area (Å²) in [5.41, 5.74) is 1.05. The molecule has 0 saturated heterocycles. The van der Waals surface area contributed by atoms with E-state index in [1.165, 1.54) is 0 Å². The fourth-order valence-electron chi connectivity index (χ4n) is 1.47. The number of nitrogens with one attached hydrogen (secondary N) is 2. The van der Waals surface area contributed by atoms with Crippen LogP contribution < -0.4 is 4.72 Å². The highest BCUT2D eigenvalue weighted by molar-refractivity contribution is 7.89. The van der Waals surface area contributed by atoms with Gasteiger partial charge in [0.05, 0.1) is 6.54 Å². The van der Waals surface area contributed by atoms with E-state index < -0.39 is 10.0 Å². The molecular formula is C10H14N4O3S. The van der Waals surface area contributed by atoms with Gasteiger partial charge in [0.2, 0.25) is 10.0 Å². The quantitative estimate of drug-likeness (QED) is 0.834. The van der Waals surface area contributed by atoms with Crippen molar-refractivity contribution in [2.45, 2.75) is 31.7 Å². The minimum Gasteiger partial charge on any atom is -0.363 e. The second kappa shape index (κ2) is 4.91. The van der Waals surface area contributed by atoms with E-state index in [1.807, 2.05) is 6.92 Å². The lowest BCUT2D eigenvalue weighted by atomic mass is 10.5. The van der Waals surface area contributed by atoms with Crippen LogP contribution in [0.15, 0.2) is 21.9 Å². The number of sulfonamides is 1. The Balaban J connectivity index is 2.08. The Kier molecular flexibility index (Phi) is 3.48. The van der Waals surface area contributed by atoms with E-state index in [1.54, 1.807) is 13.1 Å². The predicted octanol–water partition coefficient (Wildman–Crippen LogP) is 0.747. The van der Waals surface area contributed by atoms with Gasteiger partial charge in [-0.15, -0.1) is 0 Å². The van der Waals surface area contributed by atoms with Gasteiger partial charge < -0.3 is 9.51 Å². The number of aromatic amines is 1. The van der Waals surface area contributed by atoms with Crippen molar-refractivity contribution in [2.75, 3.05) is 0 Å². The molecule has 0 aliphatic rings. The van der Waals surface area contributed by atoms with Gasteiger partial charge in [-0.2, -0.15) is 0 Å². The molecule has 0 saturated carbocycles. The minimum absolute atomic E-state index is 0.0535. The maximum absolute atomic E-state index is 11.9. The molecule has 0 atom stereocenters. The van der Waals surface area contributed by atoms with E-state index in [-0.39, 0.29) is 11.4 Å². The Morgan fingerprint density at radius 1 is 1.50 bits per heavy atom. The second-order valence-electron chi connectivity index (χ2n) is 3.80. The molecule has 8 heteroatoms. The largest absolute Gasteiger partial charge is 0.363 e. The predicted molar refractivity (Wildman–Crippen MR) is 63.2 cm³/mol. The number of hydrogen-bond donors (Lipinski definition) is 2. The molecule has 0 amide bonds. The summed E-state index contributed by atoms with van der Waals surface area (Å²) in [6.07, 6.45) is 3.50. The highest BCUT2D eigenvalue weighted by Gasteiger charge is 2.19. The van der Waals surface area contributed by atoms with Crippen molar-refractivity contribution in [1.29, 1.82) is 0 Å². The molecule has 0 aromatic carbocycles. The number of aryl methyl sites for hydroxylation is 2.